The number of hydrogen-bond donors (Lipinski definition) is 2. The van der Waals surface area contributed by atoms with Crippen molar-refractivity contribution in [3.8, 4) is 5.75 Å². The average molecular weight is 419 g/mol. The van der Waals surface area contributed by atoms with Gasteiger partial charge in [0, 0.05) is 18.1 Å². The van der Waals surface area contributed by atoms with Crippen molar-refractivity contribution in [2.45, 2.75) is 38.6 Å². The highest BCUT2D eigenvalue weighted by Gasteiger charge is 2.17. The zero-order valence-corrected chi connectivity index (χ0v) is 16.8. The number of nitrogens with zero attached hydrogens (tertiary/aromatic N) is 2. The molecule has 0 atom stereocenters. The Morgan fingerprint density at radius 1 is 1.31 bits per heavy atom. The number of nitrogens with one attached hydrogen (secondary N) is 1. The van der Waals surface area contributed by atoms with Crippen molar-refractivity contribution in [2.75, 3.05) is 11.9 Å². The quantitative estimate of drug-likeness (QED) is 0.737. The van der Waals surface area contributed by atoms with Crippen LogP contribution in [0.2, 0.25) is 0 Å². The number of halogens is 2. The van der Waals surface area contributed by atoms with Crippen LogP contribution < -0.4 is 15.8 Å². The lowest BCUT2D eigenvalue weighted by Gasteiger charge is -2.22. The Labute approximate surface area is 169 Å². The minimum Gasteiger partial charge on any atom is -0.489 e. The van der Waals surface area contributed by atoms with Crippen LogP contribution in [0, 0.1) is 5.92 Å². The van der Waals surface area contributed by atoms with Crippen LogP contribution in [0.15, 0.2) is 23.7 Å². The van der Waals surface area contributed by atoms with Crippen LogP contribution in [0.4, 0.5) is 5.82 Å². The molecule has 144 valence electrons. The number of pyridine rings is 1. The van der Waals surface area contributed by atoms with E-state index in [-0.39, 0.29) is 30.7 Å². The van der Waals surface area contributed by atoms with E-state index in [4.69, 9.17) is 10.5 Å². The molecule has 0 unspecified atom stereocenters. The molecule has 26 heavy (non-hydrogen) atoms. The van der Waals surface area contributed by atoms with Gasteiger partial charge in [-0.1, -0.05) is 19.3 Å². The van der Waals surface area contributed by atoms with E-state index in [9.17, 15) is 4.79 Å². The first-order valence-corrected chi connectivity index (χ1v) is 9.18. The van der Waals surface area contributed by atoms with Crippen molar-refractivity contribution in [1.82, 2.24) is 9.97 Å². The zero-order chi connectivity index (χ0) is 16.8. The van der Waals surface area contributed by atoms with Crippen LogP contribution in [0.25, 0.3) is 0 Å². The lowest BCUT2D eigenvalue weighted by atomic mass is 9.90. The Bertz CT molecular complexity index is 693. The van der Waals surface area contributed by atoms with Gasteiger partial charge in [-0.15, -0.1) is 36.2 Å². The zero-order valence-electron chi connectivity index (χ0n) is 14.3. The van der Waals surface area contributed by atoms with Gasteiger partial charge in [0.15, 0.2) is 11.6 Å². The van der Waals surface area contributed by atoms with E-state index in [0.717, 1.165) is 5.01 Å². The second kappa shape index (κ2) is 11.3. The van der Waals surface area contributed by atoms with Gasteiger partial charge in [-0.25, -0.2) is 9.97 Å². The third kappa shape index (κ3) is 6.09. The fourth-order valence-corrected chi connectivity index (χ4v) is 3.50. The van der Waals surface area contributed by atoms with E-state index in [1.54, 1.807) is 17.6 Å². The van der Waals surface area contributed by atoms with E-state index < -0.39 is 0 Å². The van der Waals surface area contributed by atoms with Crippen LogP contribution in [-0.4, -0.2) is 22.5 Å². The molecule has 0 aliphatic heterocycles. The van der Waals surface area contributed by atoms with E-state index in [1.165, 1.54) is 43.4 Å². The second-order valence-electron chi connectivity index (χ2n) is 5.95. The summed E-state index contributed by atoms with van der Waals surface area (Å²) >= 11 is 1.37. The van der Waals surface area contributed by atoms with E-state index in [0.29, 0.717) is 36.3 Å². The molecule has 2 aromatic heterocycles. The summed E-state index contributed by atoms with van der Waals surface area (Å²) in [6.07, 6.45) is 7.93. The first-order chi connectivity index (χ1) is 11.8. The topological polar surface area (TPSA) is 90.1 Å². The summed E-state index contributed by atoms with van der Waals surface area (Å²) < 4.78 is 5.92. The fourth-order valence-electron chi connectivity index (χ4n) is 2.84. The molecule has 2 aromatic rings. The Morgan fingerprint density at radius 2 is 2.08 bits per heavy atom. The summed E-state index contributed by atoms with van der Waals surface area (Å²) in [6.45, 7) is 1.000. The van der Waals surface area contributed by atoms with Gasteiger partial charge in [-0.3, -0.25) is 4.79 Å². The predicted molar refractivity (Wildman–Crippen MR) is 109 cm³/mol. The predicted octanol–water partition coefficient (Wildman–Crippen LogP) is 4.05. The van der Waals surface area contributed by atoms with Crippen LogP contribution in [-0.2, 0) is 6.54 Å². The lowest BCUT2D eigenvalue weighted by molar-refractivity contribution is 0.102. The molecule has 0 aromatic carbocycles. The molecule has 1 aliphatic carbocycles. The number of ether oxygens (including phenoxy) is 1. The molecule has 3 rings (SSSR count). The minimum atomic E-state index is -0.299. The standard InChI is InChI=1S/C17H22N4O2S.2ClH/c18-9-15-20-13(11-24-15)17(22)21-16-14(7-4-8-19-16)23-10-12-5-2-1-3-6-12;;/h4,7-8,11-12H,1-3,5-6,9-10,18H2,(H,19,21,22);2*1H. The Hall–Kier alpha value is -1.41. The molecule has 1 fully saturated rings. The minimum absolute atomic E-state index is 0. The first kappa shape index (κ1) is 22.6. The highest BCUT2D eigenvalue weighted by molar-refractivity contribution is 7.09. The van der Waals surface area contributed by atoms with Gasteiger partial charge in [0.25, 0.3) is 5.91 Å². The van der Waals surface area contributed by atoms with Gasteiger partial charge in [-0.2, -0.15) is 0 Å². The Morgan fingerprint density at radius 3 is 2.77 bits per heavy atom. The molecule has 0 bridgehead atoms. The van der Waals surface area contributed by atoms with Crippen molar-refractivity contribution in [1.29, 1.82) is 0 Å². The maximum atomic E-state index is 12.3. The number of amides is 1. The molecule has 0 saturated heterocycles. The summed E-state index contributed by atoms with van der Waals surface area (Å²) in [5.41, 5.74) is 5.89. The number of hydrogen-bond acceptors (Lipinski definition) is 6. The van der Waals surface area contributed by atoms with Crippen molar-refractivity contribution in [2.24, 2.45) is 11.7 Å². The molecule has 6 nitrogen and oxygen atoms in total. The highest BCUT2D eigenvalue weighted by Crippen LogP contribution is 2.27. The van der Waals surface area contributed by atoms with Crippen molar-refractivity contribution < 1.29 is 9.53 Å². The molecule has 3 N–H and O–H groups in total. The number of thiazole rings is 1. The maximum absolute atomic E-state index is 12.3. The molecular weight excluding hydrogens is 395 g/mol. The molecule has 2 heterocycles. The van der Waals surface area contributed by atoms with Gasteiger partial charge >= 0.3 is 0 Å². The molecule has 0 spiro atoms. The smallest absolute Gasteiger partial charge is 0.276 e. The molecule has 1 saturated carbocycles. The second-order valence-corrected chi connectivity index (χ2v) is 6.89. The Balaban J connectivity index is 0.00000169. The summed E-state index contributed by atoms with van der Waals surface area (Å²) in [4.78, 5) is 20.7. The largest absolute Gasteiger partial charge is 0.489 e. The monoisotopic (exact) mass is 418 g/mol. The lowest BCUT2D eigenvalue weighted by Crippen LogP contribution is -2.18. The first-order valence-electron chi connectivity index (χ1n) is 8.30. The molecular formula is C17H24Cl2N4O2S. The fraction of sp³-hybridized carbons (Fsp3) is 0.471. The van der Waals surface area contributed by atoms with Crippen LogP contribution >= 0.6 is 36.2 Å². The van der Waals surface area contributed by atoms with Gasteiger partial charge in [0.2, 0.25) is 0 Å². The maximum Gasteiger partial charge on any atom is 0.276 e. The van der Waals surface area contributed by atoms with Gasteiger partial charge in [-0.05, 0) is 30.9 Å². The Kier molecular flexibility index (Phi) is 9.87. The average Bonchev–Trinajstić information content (AvgIpc) is 3.11. The summed E-state index contributed by atoms with van der Waals surface area (Å²) in [7, 11) is 0. The van der Waals surface area contributed by atoms with Crippen LogP contribution in [0.3, 0.4) is 0 Å². The van der Waals surface area contributed by atoms with Crippen LogP contribution in [0.1, 0.15) is 47.6 Å². The third-order valence-corrected chi connectivity index (χ3v) is 5.03. The van der Waals surface area contributed by atoms with Gasteiger partial charge in [0.05, 0.1) is 6.61 Å². The molecule has 1 amide bonds. The summed E-state index contributed by atoms with van der Waals surface area (Å²) in [6, 6.07) is 3.64. The number of nitrogens with two attached hydrogens (primary N) is 1. The van der Waals surface area contributed by atoms with E-state index >= 15 is 0 Å². The number of aromatic nitrogens is 2. The number of rotatable bonds is 6. The van der Waals surface area contributed by atoms with Crippen molar-refractivity contribution >= 4 is 47.9 Å². The third-order valence-electron chi connectivity index (χ3n) is 4.16. The normalized spacial score (nSPS) is 14.0. The molecule has 0 radical (unpaired) electrons. The molecule has 1 aliphatic rings. The summed E-state index contributed by atoms with van der Waals surface area (Å²) in [5.74, 6) is 1.33. The van der Waals surface area contributed by atoms with E-state index in [1.807, 2.05) is 6.07 Å². The number of carbonyl (C=O) groups excluding carboxylic acids is 1. The number of anilines is 1. The van der Waals surface area contributed by atoms with E-state index in [2.05, 4.69) is 15.3 Å². The SMILES string of the molecule is Cl.Cl.NCc1nc(C(=O)Nc2ncccc2OCC2CCCCC2)cs1. The summed E-state index contributed by atoms with van der Waals surface area (Å²) in [5, 5.41) is 5.21. The number of carbonyl (C=O) groups is 1. The van der Waals surface area contributed by atoms with Crippen LogP contribution in [0.5, 0.6) is 5.75 Å². The van der Waals surface area contributed by atoms with Crippen molar-refractivity contribution in [3.63, 3.8) is 0 Å². The van der Waals surface area contributed by atoms with Gasteiger partial charge in [0.1, 0.15) is 10.7 Å². The highest BCUT2D eigenvalue weighted by atomic mass is 35.5. The van der Waals surface area contributed by atoms with Gasteiger partial charge < -0.3 is 15.8 Å². The van der Waals surface area contributed by atoms with Crippen molar-refractivity contribution in [3.05, 3.63) is 34.4 Å². The molecule has 9 heteroatoms.